The topological polar surface area (TPSA) is 242 Å². The normalized spacial score (nSPS) is 33.2. The van der Waals surface area contributed by atoms with Crippen LogP contribution in [0.5, 0.6) is 0 Å². The van der Waals surface area contributed by atoms with Crippen LogP contribution in [0.25, 0.3) is 0 Å². The van der Waals surface area contributed by atoms with Crippen LogP contribution >= 0.6 is 15.6 Å². The smallest absolute Gasteiger partial charge is 0.400 e. The first-order valence-electron chi connectivity index (χ1n) is 9.83. The molecule has 0 radical (unpaired) electrons. The Morgan fingerprint density at radius 3 is 2.59 bits per heavy atom. The lowest BCUT2D eigenvalue weighted by Crippen LogP contribution is -2.41. The number of nitrogens with two attached hydrogens (primary N) is 1. The molecule has 1 saturated heterocycles. The molecule has 0 aliphatic carbocycles. The molecule has 192 valence electrons. The fraction of sp³-hybridized carbons (Fsp3) is 0.625. The molecule has 1 aromatic rings. The largest absolute Gasteiger partial charge is 0.483 e. The van der Waals surface area contributed by atoms with Gasteiger partial charge in [-0.1, -0.05) is 0 Å². The summed E-state index contributed by atoms with van der Waals surface area (Å²) in [5.74, 6) is 0. The molecule has 2 unspecified atom stereocenters. The highest BCUT2D eigenvalue weighted by atomic mass is 31.3. The van der Waals surface area contributed by atoms with E-state index >= 15 is 0 Å². The summed E-state index contributed by atoms with van der Waals surface area (Å²) < 4.78 is 49.3. The summed E-state index contributed by atoms with van der Waals surface area (Å²) in [4.78, 5) is 45.2. The number of ether oxygens (including phenoxy) is 2. The van der Waals surface area contributed by atoms with Crippen molar-refractivity contribution in [1.29, 1.82) is 0 Å². The molecule has 0 amide bonds. The summed E-state index contributed by atoms with van der Waals surface area (Å²) in [6.07, 6.45) is -5.19. The summed E-state index contributed by atoms with van der Waals surface area (Å²) in [5, 5.41) is 20.0. The van der Waals surface area contributed by atoms with Gasteiger partial charge in [0.15, 0.2) is 0 Å². The Kier molecular flexibility index (Phi) is 8.02. The molecule has 3 heterocycles. The fourth-order valence-electron chi connectivity index (χ4n) is 3.24. The maximum absolute atomic E-state index is 12.2. The number of hydrogen-bond acceptors (Lipinski definition) is 12. The Labute approximate surface area is 191 Å². The van der Waals surface area contributed by atoms with Gasteiger partial charge < -0.3 is 35.2 Å². The summed E-state index contributed by atoms with van der Waals surface area (Å²) in [6, 6.07) is 0. The van der Waals surface area contributed by atoms with E-state index in [-0.39, 0.29) is 17.7 Å². The summed E-state index contributed by atoms with van der Waals surface area (Å²) in [7, 11) is -10.6. The van der Waals surface area contributed by atoms with E-state index in [1.165, 1.54) is 26.1 Å². The minimum Gasteiger partial charge on any atom is -0.400 e. The molecule has 0 spiro atoms. The number of aliphatic hydroxyl groups is 2. The van der Waals surface area contributed by atoms with E-state index in [1.807, 2.05) is 0 Å². The van der Waals surface area contributed by atoms with Crippen molar-refractivity contribution < 1.29 is 52.0 Å². The monoisotopic (exact) mass is 529 g/mol. The second-order valence-corrected chi connectivity index (χ2v) is 10.6. The fourth-order valence-corrected chi connectivity index (χ4v) is 5.39. The van der Waals surface area contributed by atoms with Crippen LogP contribution in [-0.2, 0) is 32.0 Å². The zero-order chi connectivity index (χ0) is 25.4. The van der Waals surface area contributed by atoms with Crippen LogP contribution in [0.4, 0.5) is 0 Å². The van der Waals surface area contributed by atoms with E-state index in [4.69, 9.17) is 15.2 Å². The molecule has 16 nitrogen and oxygen atoms in total. The summed E-state index contributed by atoms with van der Waals surface area (Å²) in [6.45, 7) is 2.18. The van der Waals surface area contributed by atoms with Crippen molar-refractivity contribution in [2.45, 2.75) is 57.2 Å². The minimum atomic E-state index is -5.31. The number of nitrogens with zero attached hydrogens (tertiary/aromatic N) is 1. The van der Waals surface area contributed by atoms with Gasteiger partial charge in [0.25, 0.3) is 5.56 Å². The third kappa shape index (κ3) is 6.50. The van der Waals surface area contributed by atoms with Crippen molar-refractivity contribution >= 4 is 15.6 Å². The van der Waals surface area contributed by atoms with Crippen LogP contribution in [0.2, 0.25) is 0 Å². The Hall–Kier alpha value is -1.68. The second kappa shape index (κ2) is 10.1. The van der Waals surface area contributed by atoms with Gasteiger partial charge in [0.1, 0.15) is 18.4 Å². The van der Waals surface area contributed by atoms with Gasteiger partial charge in [0, 0.05) is 23.9 Å². The predicted octanol–water partition coefficient (Wildman–Crippen LogP) is -1.31. The molecule has 7 N–H and O–H groups in total. The zero-order valence-electron chi connectivity index (χ0n) is 17.9. The highest BCUT2D eigenvalue weighted by molar-refractivity contribution is 7.61. The molecular weight excluding hydrogens is 504 g/mol. The number of phosphoric ester groups is 2. The van der Waals surface area contributed by atoms with Gasteiger partial charge in [-0.3, -0.25) is 23.4 Å². The first-order chi connectivity index (χ1) is 15.7. The SMILES string of the molecule is Cc1cn([C@H]2C[C@H](O)[C@@H](COP(=O)(O)OP(=O)(O)O[C@H]3O[C@H](C)C=C(N)[C@H]3O)O2)c(=O)[nH]c1=O. The number of aliphatic hydroxyl groups excluding tert-OH is 2. The van der Waals surface area contributed by atoms with Crippen LogP contribution < -0.4 is 17.0 Å². The van der Waals surface area contributed by atoms with Crippen molar-refractivity contribution in [3.8, 4) is 0 Å². The third-order valence-corrected chi connectivity index (χ3v) is 7.48. The molecular formula is C16H25N3O13P2. The van der Waals surface area contributed by atoms with Crippen LogP contribution in [-0.4, -0.2) is 66.9 Å². The predicted molar refractivity (Wildman–Crippen MR) is 111 cm³/mol. The average molecular weight is 529 g/mol. The van der Waals surface area contributed by atoms with Gasteiger partial charge >= 0.3 is 21.3 Å². The first-order valence-corrected chi connectivity index (χ1v) is 12.8. The molecule has 3 rings (SSSR count). The molecule has 34 heavy (non-hydrogen) atoms. The van der Waals surface area contributed by atoms with Crippen LogP contribution in [0, 0.1) is 6.92 Å². The van der Waals surface area contributed by atoms with Crippen molar-refractivity contribution in [3.63, 3.8) is 0 Å². The summed E-state index contributed by atoms with van der Waals surface area (Å²) >= 11 is 0. The van der Waals surface area contributed by atoms with E-state index in [9.17, 15) is 38.7 Å². The maximum atomic E-state index is 12.2. The number of nitrogens with one attached hydrogen (secondary N) is 1. The van der Waals surface area contributed by atoms with Crippen molar-refractivity contribution in [2.75, 3.05) is 6.61 Å². The lowest BCUT2D eigenvalue weighted by atomic mass is 10.1. The van der Waals surface area contributed by atoms with Crippen LogP contribution in [0.3, 0.4) is 0 Å². The molecule has 8 atom stereocenters. The molecule has 1 fully saturated rings. The first kappa shape index (κ1) is 26.9. The van der Waals surface area contributed by atoms with Gasteiger partial charge in [-0.2, -0.15) is 4.31 Å². The lowest BCUT2D eigenvalue weighted by molar-refractivity contribution is -0.165. The number of H-pyrrole nitrogens is 1. The van der Waals surface area contributed by atoms with Gasteiger partial charge in [-0.15, -0.1) is 0 Å². The van der Waals surface area contributed by atoms with Crippen molar-refractivity contribution in [2.24, 2.45) is 5.73 Å². The number of phosphoric acid groups is 2. The molecule has 0 bridgehead atoms. The Balaban J connectivity index is 1.59. The number of aromatic nitrogens is 2. The Morgan fingerprint density at radius 1 is 1.24 bits per heavy atom. The standard InChI is InChI=1S/C16H25N3O13P2/c1-7-5-19(16(23)18-14(7)22)12-4-10(20)11(30-12)6-28-33(24,25)32-34(26,27)31-15-13(21)9(17)3-8(2)29-15/h3,5,8,10-13,15,20-21H,4,6,17H2,1-2H3,(H,24,25)(H,26,27)(H,18,22,23)/t8-,10+,11-,12-,13-,15-/m1/s1. The van der Waals surface area contributed by atoms with Gasteiger partial charge in [-0.05, 0) is 19.9 Å². The van der Waals surface area contributed by atoms with E-state index in [0.29, 0.717) is 0 Å². The van der Waals surface area contributed by atoms with E-state index in [2.05, 4.69) is 18.3 Å². The zero-order valence-corrected chi connectivity index (χ0v) is 19.7. The van der Waals surface area contributed by atoms with E-state index in [1.54, 1.807) is 0 Å². The Bertz CT molecular complexity index is 1150. The van der Waals surface area contributed by atoms with Gasteiger partial charge in [0.2, 0.25) is 6.29 Å². The molecule has 2 aliphatic rings. The molecule has 2 aliphatic heterocycles. The minimum absolute atomic E-state index is 0.106. The quantitative estimate of drug-likeness (QED) is 0.214. The second-order valence-electron chi connectivity index (χ2n) is 7.65. The highest BCUT2D eigenvalue weighted by Gasteiger charge is 2.43. The van der Waals surface area contributed by atoms with E-state index < -0.39 is 70.4 Å². The van der Waals surface area contributed by atoms with Gasteiger partial charge in [-0.25, -0.2) is 13.9 Å². The van der Waals surface area contributed by atoms with E-state index in [0.717, 1.165) is 4.57 Å². The van der Waals surface area contributed by atoms with Gasteiger partial charge in [0.05, 0.1) is 18.8 Å². The third-order valence-electron chi connectivity index (χ3n) is 4.88. The number of aromatic amines is 1. The van der Waals surface area contributed by atoms with Crippen LogP contribution in [0.1, 0.15) is 25.1 Å². The van der Waals surface area contributed by atoms with Crippen LogP contribution in [0.15, 0.2) is 27.6 Å². The van der Waals surface area contributed by atoms with Crippen molar-refractivity contribution in [3.05, 3.63) is 44.4 Å². The Morgan fingerprint density at radius 2 is 1.91 bits per heavy atom. The molecule has 0 aromatic carbocycles. The average Bonchev–Trinajstić information content (AvgIpc) is 3.06. The maximum Gasteiger partial charge on any atom is 0.483 e. The lowest BCUT2D eigenvalue weighted by Gasteiger charge is -2.31. The molecule has 0 saturated carbocycles. The molecule has 1 aromatic heterocycles. The molecule has 18 heteroatoms. The number of aryl methyl sites for hydroxylation is 1. The highest BCUT2D eigenvalue weighted by Crippen LogP contribution is 2.61. The van der Waals surface area contributed by atoms with Crippen molar-refractivity contribution in [1.82, 2.24) is 9.55 Å². The number of rotatable bonds is 8. The number of hydrogen-bond donors (Lipinski definition) is 6. The summed E-state index contributed by atoms with van der Waals surface area (Å²) in [5.41, 5.74) is 4.27.